The minimum atomic E-state index is 0.518. The molecule has 3 N–H and O–H groups in total. The third kappa shape index (κ3) is 2.32. The lowest BCUT2D eigenvalue weighted by Crippen LogP contribution is -2.04. The number of aromatic nitrogens is 5. The second kappa shape index (κ2) is 5.08. The van der Waals surface area contributed by atoms with E-state index in [1.165, 1.54) is 0 Å². The Morgan fingerprint density at radius 3 is 2.83 bits per heavy atom. The highest BCUT2D eigenvalue weighted by atomic mass is 15.3. The van der Waals surface area contributed by atoms with Gasteiger partial charge in [-0.05, 0) is 24.1 Å². The first-order valence-electron chi connectivity index (χ1n) is 7.68. The molecular formula is C17H18N6. The van der Waals surface area contributed by atoms with Crippen molar-refractivity contribution in [3.05, 3.63) is 36.7 Å². The molecule has 116 valence electrons. The third-order valence-electron chi connectivity index (χ3n) is 3.90. The Bertz CT molecular complexity index is 981. The van der Waals surface area contributed by atoms with Gasteiger partial charge in [0.05, 0.1) is 16.6 Å². The summed E-state index contributed by atoms with van der Waals surface area (Å²) in [7, 11) is 0. The van der Waals surface area contributed by atoms with Crippen molar-refractivity contribution in [3.63, 3.8) is 0 Å². The number of rotatable bonds is 3. The maximum atomic E-state index is 6.15. The number of hydrogen-bond donors (Lipinski definition) is 2. The van der Waals surface area contributed by atoms with Crippen molar-refractivity contribution in [2.75, 3.05) is 5.73 Å². The number of nitrogens with one attached hydrogen (secondary N) is 1. The van der Waals surface area contributed by atoms with Crippen molar-refractivity contribution in [1.82, 2.24) is 25.0 Å². The van der Waals surface area contributed by atoms with Gasteiger partial charge in [-0.2, -0.15) is 10.2 Å². The lowest BCUT2D eigenvalue weighted by molar-refractivity contribution is 0.486. The third-order valence-corrected chi connectivity index (χ3v) is 3.90. The van der Waals surface area contributed by atoms with E-state index < -0.39 is 0 Å². The molecule has 0 spiro atoms. The van der Waals surface area contributed by atoms with Crippen LogP contribution in [-0.2, 0) is 6.54 Å². The highest BCUT2D eigenvalue weighted by molar-refractivity contribution is 6.08. The van der Waals surface area contributed by atoms with Crippen LogP contribution in [0.15, 0.2) is 36.7 Å². The normalized spacial score (nSPS) is 11.8. The zero-order valence-corrected chi connectivity index (χ0v) is 13.1. The predicted molar refractivity (Wildman–Crippen MR) is 91.9 cm³/mol. The van der Waals surface area contributed by atoms with E-state index in [9.17, 15) is 0 Å². The molecular weight excluding hydrogens is 288 g/mol. The van der Waals surface area contributed by atoms with Gasteiger partial charge in [0.2, 0.25) is 0 Å². The van der Waals surface area contributed by atoms with Gasteiger partial charge in [-0.1, -0.05) is 19.9 Å². The molecule has 23 heavy (non-hydrogen) atoms. The fraction of sp³-hybridized carbons (Fsp3) is 0.235. The minimum Gasteiger partial charge on any atom is -0.383 e. The Kier molecular flexibility index (Phi) is 3.04. The van der Waals surface area contributed by atoms with Crippen LogP contribution in [0.1, 0.15) is 13.8 Å². The number of nitrogens with zero attached hydrogens (tertiary/aromatic N) is 4. The number of nitrogen functional groups attached to an aromatic ring is 1. The van der Waals surface area contributed by atoms with Crippen molar-refractivity contribution in [2.24, 2.45) is 5.92 Å². The topological polar surface area (TPSA) is 85.4 Å². The molecule has 0 atom stereocenters. The number of hydrogen-bond acceptors (Lipinski definition) is 4. The van der Waals surface area contributed by atoms with Crippen molar-refractivity contribution >= 4 is 27.6 Å². The molecule has 4 aromatic rings. The molecule has 0 fully saturated rings. The molecule has 3 aromatic heterocycles. The molecule has 6 heteroatoms. The van der Waals surface area contributed by atoms with Gasteiger partial charge in [-0.3, -0.25) is 9.78 Å². The number of benzene rings is 1. The van der Waals surface area contributed by atoms with Gasteiger partial charge in [0.1, 0.15) is 11.3 Å². The highest BCUT2D eigenvalue weighted by Crippen LogP contribution is 2.29. The number of H-pyrrole nitrogens is 1. The summed E-state index contributed by atoms with van der Waals surface area (Å²) in [5.74, 6) is 1.04. The molecule has 6 nitrogen and oxygen atoms in total. The first-order valence-corrected chi connectivity index (χ1v) is 7.68. The summed E-state index contributed by atoms with van der Waals surface area (Å²) in [6.45, 7) is 5.20. The van der Waals surface area contributed by atoms with Gasteiger partial charge in [-0.25, -0.2) is 4.98 Å². The average Bonchev–Trinajstić information content (AvgIpc) is 3.15. The number of fused-ring (bicyclic) bond motifs is 3. The van der Waals surface area contributed by atoms with E-state index in [4.69, 9.17) is 10.8 Å². The lowest BCUT2D eigenvalue weighted by Gasteiger charge is -2.04. The predicted octanol–water partition coefficient (Wildman–Crippen LogP) is 3.21. The van der Waals surface area contributed by atoms with Crippen molar-refractivity contribution in [1.29, 1.82) is 0 Å². The number of aromatic amines is 1. The molecule has 0 aliphatic heterocycles. The van der Waals surface area contributed by atoms with Crippen LogP contribution in [-0.4, -0.2) is 25.0 Å². The molecule has 0 aliphatic rings. The summed E-state index contributed by atoms with van der Waals surface area (Å²) >= 11 is 0. The standard InChI is InChI=1S/C17H18N6/c1-10(2)8-23-9-13-16(22-23)12-4-3-11(14-5-6-19-21-14)7-15(12)20-17(13)18/h3-7,9-10H,8H2,1-2H3,(H2,18,20)(H,19,21). The van der Waals surface area contributed by atoms with Gasteiger partial charge in [0.25, 0.3) is 0 Å². The summed E-state index contributed by atoms with van der Waals surface area (Å²) in [6.07, 6.45) is 3.72. The Labute approximate surface area is 133 Å². The Balaban J connectivity index is 1.92. The second-order valence-electron chi connectivity index (χ2n) is 6.21. The first-order chi connectivity index (χ1) is 11.1. The van der Waals surface area contributed by atoms with Crippen LogP contribution < -0.4 is 5.73 Å². The zero-order valence-electron chi connectivity index (χ0n) is 13.1. The smallest absolute Gasteiger partial charge is 0.135 e. The quantitative estimate of drug-likeness (QED) is 0.608. The van der Waals surface area contributed by atoms with Gasteiger partial charge < -0.3 is 5.73 Å². The summed E-state index contributed by atoms with van der Waals surface area (Å²) in [6, 6.07) is 8.04. The van der Waals surface area contributed by atoms with E-state index in [-0.39, 0.29) is 0 Å². The molecule has 0 aliphatic carbocycles. The van der Waals surface area contributed by atoms with Crippen LogP contribution in [0.3, 0.4) is 0 Å². The van der Waals surface area contributed by atoms with Gasteiger partial charge in [0.15, 0.2) is 0 Å². The van der Waals surface area contributed by atoms with Gasteiger partial charge in [-0.15, -0.1) is 0 Å². The van der Waals surface area contributed by atoms with Crippen LogP contribution in [0.25, 0.3) is 33.1 Å². The van der Waals surface area contributed by atoms with E-state index in [1.54, 1.807) is 6.20 Å². The number of pyridine rings is 1. The molecule has 0 radical (unpaired) electrons. The largest absolute Gasteiger partial charge is 0.383 e. The van der Waals surface area contributed by atoms with E-state index in [1.807, 2.05) is 29.1 Å². The summed E-state index contributed by atoms with van der Waals surface area (Å²) in [5.41, 5.74) is 9.89. The molecule has 4 rings (SSSR count). The monoisotopic (exact) mass is 306 g/mol. The Morgan fingerprint density at radius 2 is 2.09 bits per heavy atom. The van der Waals surface area contributed by atoms with E-state index in [2.05, 4.69) is 35.1 Å². The van der Waals surface area contributed by atoms with Crippen LogP contribution in [0, 0.1) is 5.92 Å². The average molecular weight is 306 g/mol. The summed E-state index contributed by atoms with van der Waals surface area (Å²) < 4.78 is 1.95. The summed E-state index contributed by atoms with van der Waals surface area (Å²) in [4.78, 5) is 4.56. The highest BCUT2D eigenvalue weighted by Gasteiger charge is 2.12. The zero-order chi connectivity index (χ0) is 16.0. The van der Waals surface area contributed by atoms with Crippen molar-refractivity contribution < 1.29 is 0 Å². The second-order valence-corrected chi connectivity index (χ2v) is 6.21. The number of nitrogens with two attached hydrogens (primary N) is 1. The van der Waals surface area contributed by atoms with Crippen LogP contribution >= 0.6 is 0 Å². The van der Waals surface area contributed by atoms with E-state index in [0.29, 0.717) is 11.7 Å². The maximum Gasteiger partial charge on any atom is 0.135 e. The van der Waals surface area contributed by atoms with Crippen LogP contribution in [0.4, 0.5) is 5.82 Å². The van der Waals surface area contributed by atoms with Crippen molar-refractivity contribution in [2.45, 2.75) is 20.4 Å². The lowest BCUT2D eigenvalue weighted by atomic mass is 10.1. The number of anilines is 1. The maximum absolute atomic E-state index is 6.15. The van der Waals surface area contributed by atoms with Crippen molar-refractivity contribution in [3.8, 4) is 11.3 Å². The molecule has 0 amide bonds. The van der Waals surface area contributed by atoms with Crippen LogP contribution in [0.5, 0.6) is 0 Å². The van der Waals surface area contributed by atoms with Gasteiger partial charge in [0, 0.05) is 29.9 Å². The van der Waals surface area contributed by atoms with E-state index >= 15 is 0 Å². The molecule has 0 saturated carbocycles. The fourth-order valence-corrected chi connectivity index (χ4v) is 2.87. The molecule has 1 aromatic carbocycles. The minimum absolute atomic E-state index is 0.518. The van der Waals surface area contributed by atoms with Gasteiger partial charge >= 0.3 is 0 Å². The van der Waals surface area contributed by atoms with E-state index in [0.717, 1.165) is 39.6 Å². The molecule has 0 bridgehead atoms. The SMILES string of the molecule is CC(C)Cn1cc2c(N)nc3cc(-c4ccn[nH]4)ccc3c2n1. The summed E-state index contributed by atoms with van der Waals surface area (Å²) in [5, 5.41) is 13.6. The Morgan fingerprint density at radius 1 is 1.22 bits per heavy atom. The fourth-order valence-electron chi connectivity index (χ4n) is 2.87. The Hall–Kier alpha value is -2.89. The first kappa shape index (κ1) is 13.8. The molecule has 0 saturated heterocycles. The van der Waals surface area contributed by atoms with Crippen LogP contribution in [0.2, 0.25) is 0 Å². The molecule has 0 unspecified atom stereocenters. The molecule has 3 heterocycles.